The second kappa shape index (κ2) is 4.53. The minimum atomic E-state index is -0.835. The van der Waals surface area contributed by atoms with Gasteiger partial charge in [-0.1, -0.05) is 0 Å². The van der Waals surface area contributed by atoms with Crippen LogP contribution in [0.3, 0.4) is 0 Å². The van der Waals surface area contributed by atoms with Gasteiger partial charge in [-0.2, -0.15) is 0 Å². The van der Waals surface area contributed by atoms with Crippen LogP contribution in [0.4, 0.5) is 16.2 Å². The molecule has 0 bridgehead atoms. The molecule has 1 aliphatic heterocycles. The number of anilines is 2. The maximum absolute atomic E-state index is 10.8. The predicted molar refractivity (Wildman–Crippen MR) is 67.4 cm³/mol. The third kappa shape index (κ3) is 2.43. The molecule has 0 aliphatic carbocycles. The molecule has 0 unspecified atom stereocenters. The van der Waals surface area contributed by atoms with Crippen molar-refractivity contribution in [1.29, 1.82) is 0 Å². The van der Waals surface area contributed by atoms with Crippen LogP contribution in [0.1, 0.15) is 5.56 Å². The summed E-state index contributed by atoms with van der Waals surface area (Å²) in [5, 5.41) is 8.88. The van der Waals surface area contributed by atoms with Crippen LogP contribution in [0.25, 0.3) is 0 Å². The molecule has 0 aromatic heterocycles. The van der Waals surface area contributed by atoms with Gasteiger partial charge in [-0.05, 0) is 30.7 Å². The molecule has 1 aliphatic rings. The summed E-state index contributed by atoms with van der Waals surface area (Å²) >= 11 is 0. The Morgan fingerprint density at radius 2 is 1.94 bits per heavy atom. The van der Waals surface area contributed by atoms with E-state index in [4.69, 9.17) is 10.8 Å². The van der Waals surface area contributed by atoms with Crippen molar-refractivity contribution in [2.24, 2.45) is 0 Å². The minimum absolute atomic E-state index is 0.555. The van der Waals surface area contributed by atoms with E-state index in [0.29, 0.717) is 13.1 Å². The van der Waals surface area contributed by atoms with Crippen LogP contribution in [-0.4, -0.2) is 42.3 Å². The quantitative estimate of drug-likeness (QED) is 0.721. The first kappa shape index (κ1) is 11.6. The molecule has 1 saturated heterocycles. The number of nitrogens with zero attached hydrogens (tertiary/aromatic N) is 2. The Morgan fingerprint density at radius 3 is 2.47 bits per heavy atom. The van der Waals surface area contributed by atoms with Crippen LogP contribution < -0.4 is 10.6 Å². The first-order valence-corrected chi connectivity index (χ1v) is 5.67. The van der Waals surface area contributed by atoms with Crippen LogP contribution in [0.15, 0.2) is 18.2 Å². The fraction of sp³-hybridized carbons (Fsp3) is 0.417. The molecule has 1 aromatic rings. The van der Waals surface area contributed by atoms with Crippen LogP contribution in [0.2, 0.25) is 0 Å². The maximum atomic E-state index is 10.8. The summed E-state index contributed by atoms with van der Waals surface area (Å²) in [7, 11) is 0. The van der Waals surface area contributed by atoms with Crippen LogP contribution >= 0.6 is 0 Å². The monoisotopic (exact) mass is 235 g/mol. The van der Waals surface area contributed by atoms with Crippen LogP contribution in [0, 0.1) is 6.92 Å². The van der Waals surface area contributed by atoms with Gasteiger partial charge in [0.25, 0.3) is 0 Å². The Bertz CT molecular complexity index is 426. The van der Waals surface area contributed by atoms with Crippen LogP contribution in [0.5, 0.6) is 0 Å². The summed E-state index contributed by atoms with van der Waals surface area (Å²) in [6.07, 6.45) is -0.835. The summed E-state index contributed by atoms with van der Waals surface area (Å²) in [4.78, 5) is 14.5. The third-order valence-corrected chi connectivity index (χ3v) is 3.11. The highest BCUT2D eigenvalue weighted by Crippen LogP contribution is 2.23. The largest absolute Gasteiger partial charge is 0.465 e. The molecule has 2 rings (SSSR count). The molecule has 3 N–H and O–H groups in total. The third-order valence-electron chi connectivity index (χ3n) is 3.11. The summed E-state index contributed by atoms with van der Waals surface area (Å²) in [6.45, 7) is 4.60. The normalized spacial score (nSPS) is 16.1. The maximum Gasteiger partial charge on any atom is 0.407 e. The number of carbonyl (C=O) groups is 1. The van der Waals surface area contributed by atoms with E-state index in [0.717, 1.165) is 30.0 Å². The van der Waals surface area contributed by atoms with Gasteiger partial charge in [0.2, 0.25) is 0 Å². The van der Waals surface area contributed by atoms with Gasteiger partial charge in [-0.3, -0.25) is 0 Å². The van der Waals surface area contributed by atoms with Gasteiger partial charge in [0, 0.05) is 37.6 Å². The van der Waals surface area contributed by atoms with Gasteiger partial charge in [-0.25, -0.2) is 4.79 Å². The highest BCUT2D eigenvalue weighted by molar-refractivity contribution is 5.66. The van der Waals surface area contributed by atoms with E-state index in [1.165, 1.54) is 4.90 Å². The second-order valence-electron chi connectivity index (χ2n) is 4.30. The molecule has 0 atom stereocenters. The van der Waals surface area contributed by atoms with E-state index < -0.39 is 6.09 Å². The number of rotatable bonds is 1. The Hall–Kier alpha value is -1.91. The summed E-state index contributed by atoms with van der Waals surface area (Å²) in [5.41, 5.74) is 8.75. The lowest BCUT2D eigenvalue weighted by Gasteiger charge is -2.35. The van der Waals surface area contributed by atoms with Crippen molar-refractivity contribution in [3.63, 3.8) is 0 Å². The average molecular weight is 235 g/mol. The van der Waals surface area contributed by atoms with E-state index in [1.54, 1.807) is 0 Å². The van der Waals surface area contributed by atoms with Crippen LogP contribution in [-0.2, 0) is 0 Å². The number of nitrogens with two attached hydrogens (primary N) is 1. The number of aryl methyl sites for hydroxylation is 1. The lowest BCUT2D eigenvalue weighted by Crippen LogP contribution is -2.48. The predicted octanol–water partition coefficient (Wildman–Crippen LogP) is 1.38. The van der Waals surface area contributed by atoms with Gasteiger partial charge >= 0.3 is 6.09 Å². The fourth-order valence-corrected chi connectivity index (χ4v) is 2.17. The molecule has 1 fully saturated rings. The zero-order valence-corrected chi connectivity index (χ0v) is 9.89. The lowest BCUT2D eigenvalue weighted by molar-refractivity contribution is 0.142. The summed E-state index contributed by atoms with van der Waals surface area (Å²) in [5.74, 6) is 0. The Morgan fingerprint density at radius 1 is 1.29 bits per heavy atom. The van der Waals surface area contributed by atoms with Gasteiger partial charge < -0.3 is 20.6 Å². The number of amides is 1. The molecule has 1 amide bonds. The Kier molecular flexibility index (Phi) is 3.08. The molecule has 0 radical (unpaired) electrons. The summed E-state index contributed by atoms with van der Waals surface area (Å²) in [6, 6.07) is 5.83. The van der Waals surface area contributed by atoms with Gasteiger partial charge in [0.15, 0.2) is 0 Å². The fourth-order valence-electron chi connectivity index (χ4n) is 2.17. The van der Waals surface area contributed by atoms with Gasteiger partial charge in [0.1, 0.15) is 0 Å². The molecular weight excluding hydrogens is 218 g/mol. The first-order valence-electron chi connectivity index (χ1n) is 5.67. The lowest BCUT2D eigenvalue weighted by atomic mass is 10.1. The smallest absolute Gasteiger partial charge is 0.407 e. The number of hydrogen-bond acceptors (Lipinski definition) is 3. The topological polar surface area (TPSA) is 69.8 Å². The molecule has 92 valence electrons. The molecule has 5 nitrogen and oxygen atoms in total. The van der Waals surface area contributed by atoms with Crippen molar-refractivity contribution in [2.45, 2.75) is 6.92 Å². The molecule has 5 heteroatoms. The Labute approximate surface area is 100 Å². The van der Waals surface area contributed by atoms with E-state index in [1.807, 2.05) is 25.1 Å². The van der Waals surface area contributed by atoms with Crippen molar-refractivity contribution in [3.05, 3.63) is 23.8 Å². The minimum Gasteiger partial charge on any atom is -0.465 e. The SMILES string of the molecule is Cc1cc(N)ccc1N1CCN(C(=O)O)CC1. The molecular formula is C12H17N3O2. The van der Waals surface area contributed by atoms with E-state index >= 15 is 0 Å². The number of piperazine rings is 1. The molecule has 0 saturated carbocycles. The molecule has 1 aromatic carbocycles. The van der Waals surface area contributed by atoms with Gasteiger partial charge in [-0.15, -0.1) is 0 Å². The number of carboxylic acid groups (broad SMARTS) is 1. The average Bonchev–Trinajstić information content (AvgIpc) is 2.29. The van der Waals surface area contributed by atoms with E-state index in [9.17, 15) is 4.79 Å². The zero-order chi connectivity index (χ0) is 12.4. The van der Waals surface area contributed by atoms with Gasteiger partial charge in [0.05, 0.1) is 0 Å². The highest BCUT2D eigenvalue weighted by atomic mass is 16.4. The van der Waals surface area contributed by atoms with Crippen molar-refractivity contribution in [2.75, 3.05) is 36.8 Å². The molecule has 1 heterocycles. The number of benzene rings is 1. The van der Waals surface area contributed by atoms with Crippen molar-refractivity contribution < 1.29 is 9.90 Å². The van der Waals surface area contributed by atoms with Crippen molar-refractivity contribution in [3.8, 4) is 0 Å². The second-order valence-corrected chi connectivity index (χ2v) is 4.30. The van der Waals surface area contributed by atoms with E-state index in [2.05, 4.69) is 4.90 Å². The molecule has 17 heavy (non-hydrogen) atoms. The molecule has 0 spiro atoms. The zero-order valence-electron chi connectivity index (χ0n) is 9.89. The number of hydrogen-bond donors (Lipinski definition) is 2. The number of nitrogen functional groups attached to an aromatic ring is 1. The highest BCUT2D eigenvalue weighted by Gasteiger charge is 2.21. The van der Waals surface area contributed by atoms with Crippen molar-refractivity contribution in [1.82, 2.24) is 4.90 Å². The standard InChI is InChI=1S/C12H17N3O2/c1-9-8-10(13)2-3-11(9)14-4-6-15(7-5-14)12(16)17/h2-3,8H,4-7,13H2,1H3,(H,16,17). The first-order chi connectivity index (χ1) is 8.08. The van der Waals surface area contributed by atoms with Crippen molar-refractivity contribution >= 4 is 17.5 Å². The summed E-state index contributed by atoms with van der Waals surface area (Å²) < 4.78 is 0. The van der Waals surface area contributed by atoms with E-state index in [-0.39, 0.29) is 0 Å². The Balaban J connectivity index is 2.08.